The highest BCUT2D eigenvalue weighted by molar-refractivity contribution is 7.89. The number of nitro benzene ring substituents is 1. The second-order valence-corrected chi connectivity index (χ2v) is 9.05. The Balaban J connectivity index is 1.51. The SMILES string of the molecule is Cc1ccc([N+](=O)[O-])cc1S(=O)(=O)NCCCC(=O)N1CCOC(c2ccccc2)C1. The van der Waals surface area contributed by atoms with Crippen molar-refractivity contribution in [1.82, 2.24) is 9.62 Å². The third-order valence-electron chi connectivity index (χ3n) is 5.12. The topological polar surface area (TPSA) is 119 Å². The highest BCUT2D eigenvalue weighted by Gasteiger charge is 2.25. The first-order valence-corrected chi connectivity index (χ1v) is 11.5. The van der Waals surface area contributed by atoms with E-state index in [2.05, 4.69) is 4.72 Å². The Morgan fingerprint density at radius 3 is 2.71 bits per heavy atom. The molecule has 0 radical (unpaired) electrons. The van der Waals surface area contributed by atoms with Crippen LogP contribution in [0.15, 0.2) is 53.4 Å². The van der Waals surface area contributed by atoms with Crippen LogP contribution in [0.1, 0.15) is 30.1 Å². The Morgan fingerprint density at radius 2 is 2.00 bits per heavy atom. The quantitative estimate of drug-likeness (QED) is 0.377. The molecule has 0 bridgehead atoms. The van der Waals surface area contributed by atoms with E-state index in [1.165, 1.54) is 12.1 Å². The van der Waals surface area contributed by atoms with Gasteiger partial charge in [-0.3, -0.25) is 14.9 Å². The van der Waals surface area contributed by atoms with Gasteiger partial charge in [-0.25, -0.2) is 13.1 Å². The van der Waals surface area contributed by atoms with E-state index in [4.69, 9.17) is 4.74 Å². The highest BCUT2D eigenvalue weighted by atomic mass is 32.2. The lowest BCUT2D eigenvalue weighted by molar-refractivity contribution is -0.385. The zero-order valence-electron chi connectivity index (χ0n) is 17.2. The summed E-state index contributed by atoms with van der Waals surface area (Å²) in [6.07, 6.45) is 0.339. The molecule has 1 aliphatic rings. The van der Waals surface area contributed by atoms with Gasteiger partial charge in [0.2, 0.25) is 15.9 Å². The average Bonchev–Trinajstić information content (AvgIpc) is 2.77. The maximum atomic E-state index is 12.6. The van der Waals surface area contributed by atoms with E-state index in [-0.39, 0.29) is 35.6 Å². The number of hydrogen-bond donors (Lipinski definition) is 1. The van der Waals surface area contributed by atoms with E-state index in [1.54, 1.807) is 11.8 Å². The molecular formula is C21H25N3O6S. The molecule has 1 aliphatic heterocycles. The average molecular weight is 448 g/mol. The summed E-state index contributed by atoms with van der Waals surface area (Å²) in [5, 5.41) is 10.9. The standard InChI is InChI=1S/C21H25N3O6S/c1-16-9-10-18(24(26)27)14-20(16)31(28,29)22-11-5-8-21(25)23-12-13-30-19(15-23)17-6-3-2-4-7-17/h2-4,6-7,9-10,14,19,22H,5,8,11-13,15H2,1H3. The molecule has 1 N–H and O–H groups in total. The van der Waals surface area contributed by atoms with E-state index in [0.717, 1.165) is 11.6 Å². The van der Waals surface area contributed by atoms with Crippen LogP contribution in [0, 0.1) is 17.0 Å². The summed E-state index contributed by atoms with van der Waals surface area (Å²) in [6, 6.07) is 13.4. The Morgan fingerprint density at radius 1 is 1.26 bits per heavy atom. The molecule has 1 fully saturated rings. The second-order valence-electron chi connectivity index (χ2n) is 7.32. The molecule has 2 aromatic carbocycles. The van der Waals surface area contributed by atoms with Gasteiger partial charge in [-0.2, -0.15) is 0 Å². The molecule has 1 heterocycles. The minimum Gasteiger partial charge on any atom is -0.370 e. The molecule has 0 aromatic heterocycles. The van der Waals surface area contributed by atoms with Crippen LogP contribution >= 0.6 is 0 Å². The first-order chi connectivity index (χ1) is 14.8. The van der Waals surface area contributed by atoms with E-state index in [1.807, 2.05) is 30.3 Å². The minimum absolute atomic E-state index is 0.0582. The van der Waals surface area contributed by atoms with Gasteiger partial charge in [0, 0.05) is 31.6 Å². The van der Waals surface area contributed by atoms with Crippen LogP contribution in [-0.2, 0) is 19.6 Å². The molecule has 31 heavy (non-hydrogen) atoms. The molecule has 1 unspecified atom stereocenters. The third-order valence-corrected chi connectivity index (χ3v) is 6.73. The van der Waals surface area contributed by atoms with Gasteiger partial charge >= 0.3 is 0 Å². The third kappa shape index (κ3) is 5.87. The number of carbonyl (C=O) groups excluding carboxylic acids is 1. The second kappa shape index (κ2) is 9.99. The van der Waals surface area contributed by atoms with Crippen LogP contribution in [0.25, 0.3) is 0 Å². The number of ether oxygens (including phenoxy) is 1. The summed E-state index contributed by atoms with van der Waals surface area (Å²) >= 11 is 0. The van der Waals surface area contributed by atoms with E-state index in [9.17, 15) is 23.3 Å². The molecule has 3 rings (SSSR count). The lowest BCUT2D eigenvalue weighted by Gasteiger charge is -2.33. The van der Waals surface area contributed by atoms with Crippen LogP contribution in [-0.4, -0.2) is 50.4 Å². The van der Waals surface area contributed by atoms with Gasteiger partial charge < -0.3 is 9.64 Å². The van der Waals surface area contributed by atoms with Gasteiger partial charge in [0.05, 0.1) is 23.0 Å². The number of hydrogen-bond acceptors (Lipinski definition) is 6. The molecule has 0 spiro atoms. The molecule has 1 amide bonds. The Kier molecular flexibility index (Phi) is 7.37. The number of carbonyl (C=O) groups is 1. The summed E-state index contributed by atoms with van der Waals surface area (Å²) in [6.45, 7) is 3.04. The number of nitrogens with zero attached hydrogens (tertiary/aromatic N) is 2. The largest absolute Gasteiger partial charge is 0.370 e. The van der Waals surface area contributed by atoms with Crippen molar-refractivity contribution in [2.75, 3.05) is 26.2 Å². The number of non-ortho nitro benzene ring substituents is 1. The number of sulfonamides is 1. The van der Waals surface area contributed by atoms with E-state index in [0.29, 0.717) is 31.7 Å². The number of nitro groups is 1. The van der Waals surface area contributed by atoms with Crippen LogP contribution in [0.3, 0.4) is 0 Å². The Labute approximate surface area is 181 Å². The molecule has 9 nitrogen and oxygen atoms in total. The molecule has 2 aromatic rings. The molecular weight excluding hydrogens is 422 g/mol. The number of rotatable bonds is 8. The Hall–Kier alpha value is -2.82. The van der Waals surface area contributed by atoms with Crippen molar-refractivity contribution in [3.63, 3.8) is 0 Å². The molecule has 0 aliphatic carbocycles. The molecule has 1 saturated heterocycles. The van der Waals surface area contributed by atoms with Crippen molar-refractivity contribution in [3.05, 3.63) is 69.8 Å². The number of amides is 1. The summed E-state index contributed by atoms with van der Waals surface area (Å²) in [7, 11) is -3.91. The smallest absolute Gasteiger partial charge is 0.270 e. The number of aryl methyl sites for hydroxylation is 1. The van der Waals surface area contributed by atoms with Crippen molar-refractivity contribution >= 4 is 21.6 Å². The van der Waals surface area contributed by atoms with E-state index < -0.39 is 14.9 Å². The first-order valence-electron chi connectivity index (χ1n) is 9.97. The normalized spacial score (nSPS) is 16.8. The van der Waals surface area contributed by atoms with Crippen molar-refractivity contribution < 1.29 is 22.9 Å². The number of nitrogens with one attached hydrogen (secondary N) is 1. The predicted octanol–water partition coefficient (Wildman–Crippen LogP) is 2.56. The summed E-state index contributed by atoms with van der Waals surface area (Å²) in [4.78, 5) is 24.5. The van der Waals surface area contributed by atoms with Gasteiger partial charge in [-0.05, 0) is 24.5 Å². The lowest BCUT2D eigenvalue weighted by atomic mass is 10.1. The van der Waals surface area contributed by atoms with Crippen LogP contribution < -0.4 is 4.72 Å². The molecule has 166 valence electrons. The van der Waals surface area contributed by atoms with Crippen LogP contribution in [0.2, 0.25) is 0 Å². The highest BCUT2D eigenvalue weighted by Crippen LogP contribution is 2.23. The van der Waals surface area contributed by atoms with Gasteiger partial charge in [-0.1, -0.05) is 36.4 Å². The van der Waals surface area contributed by atoms with Gasteiger partial charge in [-0.15, -0.1) is 0 Å². The lowest BCUT2D eigenvalue weighted by Crippen LogP contribution is -2.42. The van der Waals surface area contributed by atoms with E-state index >= 15 is 0 Å². The van der Waals surface area contributed by atoms with Gasteiger partial charge in [0.25, 0.3) is 5.69 Å². The van der Waals surface area contributed by atoms with Crippen molar-refractivity contribution in [1.29, 1.82) is 0 Å². The molecule has 10 heteroatoms. The summed E-state index contributed by atoms with van der Waals surface area (Å²) in [5.41, 5.74) is 1.14. The van der Waals surface area contributed by atoms with Crippen molar-refractivity contribution in [2.24, 2.45) is 0 Å². The van der Waals surface area contributed by atoms with Crippen LogP contribution in [0.5, 0.6) is 0 Å². The van der Waals surface area contributed by atoms with Crippen molar-refractivity contribution in [3.8, 4) is 0 Å². The number of morpholine rings is 1. The fourth-order valence-electron chi connectivity index (χ4n) is 3.42. The fraction of sp³-hybridized carbons (Fsp3) is 0.381. The fourth-order valence-corrected chi connectivity index (χ4v) is 4.76. The van der Waals surface area contributed by atoms with Crippen molar-refractivity contribution in [2.45, 2.75) is 30.8 Å². The zero-order valence-corrected chi connectivity index (χ0v) is 18.0. The first kappa shape index (κ1) is 22.9. The van der Waals surface area contributed by atoms with Crippen LogP contribution in [0.4, 0.5) is 5.69 Å². The minimum atomic E-state index is -3.91. The summed E-state index contributed by atoms with van der Waals surface area (Å²) in [5.74, 6) is -0.0602. The maximum absolute atomic E-state index is 12.6. The number of benzene rings is 2. The zero-order chi connectivity index (χ0) is 22.4. The van der Waals surface area contributed by atoms with Gasteiger partial charge in [0.1, 0.15) is 6.10 Å². The van der Waals surface area contributed by atoms with Gasteiger partial charge in [0.15, 0.2) is 0 Å². The monoisotopic (exact) mass is 447 g/mol. The predicted molar refractivity (Wildman–Crippen MR) is 114 cm³/mol. The molecule has 0 saturated carbocycles. The Bertz CT molecular complexity index is 1040. The summed E-state index contributed by atoms with van der Waals surface area (Å²) < 4.78 is 33.3. The maximum Gasteiger partial charge on any atom is 0.270 e. The molecule has 1 atom stereocenters.